The molecule has 3 rings (SSSR count). The topological polar surface area (TPSA) is 64.9 Å². The summed E-state index contributed by atoms with van der Waals surface area (Å²) in [6.45, 7) is 12.7. The van der Waals surface area contributed by atoms with Gasteiger partial charge in [-0.05, 0) is 65.3 Å². The number of benzene rings is 1. The Morgan fingerprint density at radius 2 is 2.00 bits per heavy atom. The number of hydrogen-bond acceptors (Lipinski definition) is 4. The van der Waals surface area contributed by atoms with Crippen molar-refractivity contribution >= 4 is 12.6 Å². The van der Waals surface area contributed by atoms with E-state index < -0.39 is 0 Å². The smallest absolute Gasteiger partial charge is 0.254 e. The normalized spacial score (nSPS) is 18.1. The van der Waals surface area contributed by atoms with E-state index in [1.807, 2.05) is 37.8 Å². The van der Waals surface area contributed by atoms with Gasteiger partial charge in [0.25, 0.3) is 5.91 Å². The van der Waals surface area contributed by atoms with Crippen LogP contribution in [0.15, 0.2) is 45.7 Å². The molecule has 2 N–H and O–H groups in total. The van der Waals surface area contributed by atoms with Crippen LogP contribution in [0.1, 0.15) is 51.7 Å². The van der Waals surface area contributed by atoms with Crippen LogP contribution in [0.4, 0.5) is 0 Å². The summed E-state index contributed by atoms with van der Waals surface area (Å²) in [7, 11) is 0. The summed E-state index contributed by atoms with van der Waals surface area (Å²) >= 11 is 0. The second kappa shape index (κ2) is 7.22. The van der Waals surface area contributed by atoms with Crippen molar-refractivity contribution in [1.29, 1.82) is 0 Å². The molecule has 1 fully saturated rings. The molecule has 0 bridgehead atoms. The number of rotatable bonds is 5. The molecular weight excluding hydrogens is 338 g/mol. The zero-order valence-electron chi connectivity index (χ0n) is 16.7. The van der Waals surface area contributed by atoms with E-state index in [4.69, 9.17) is 0 Å². The molecule has 1 heterocycles. The quantitative estimate of drug-likeness (QED) is 0.474. The fraction of sp³-hybridized carbons (Fsp3) is 0.455. The molecule has 27 heavy (non-hydrogen) atoms. The number of allylic oxidation sites excluding steroid dienone is 1. The average molecular weight is 367 g/mol. The summed E-state index contributed by atoms with van der Waals surface area (Å²) in [6, 6.07) is 5.55. The molecule has 0 radical (unpaired) electrons. The highest BCUT2D eigenvalue weighted by Gasteiger charge is 2.38. The zero-order valence-corrected chi connectivity index (χ0v) is 16.7. The molecule has 144 valence electrons. The van der Waals surface area contributed by atoms with Crippen molar-refractivity contribution in [3.05, 3.63) is 51.9 Å². The van der Waals surface area contributed by atoms with Crippen molar-refractivity contribution in [2.75, 3.05) is 6.54 Å². The van der Waals surface area contributed by atoms with Crippen molar-refractivity contribution in [2.45, 2.75) is 59.0 Å². The second-order valence-electron chi connectivity index (χ2n) is 8.08. The Balaban J connectivity index is 1.90. The SMILES string of the molecule is C=N/C(NC1(C)CC1)=C(\C)C(C(=O)N1CCc2cccc(O)c2C1)=C(C)C. The summed E-state index contributed by atoms with van der Waals surface area (Å²) < 4.78 is 0. The fourth-order valence-corrected chi connectivity index (χ4v) is 3.61. The van der Waals surface area contributed by atoms with E-state index in [0.29, 0.717) is 24.5 Å². The number of carbonyl (C=O) groups excluding carboxylic acids is 1. The molecule has 5 nitrogen and oxygen atoms in total. The van der Waals surface area contributed by atoms with Gasteiger partial charge in [0, 0.05) is 35.3 Å². The van der Waals surface area contributed by atoms with E-state index in [2.05, 4.69) is 24.0 Å². The van der Waals surface area contributed by atoms with Gasteiger partial charge in [0.2, 0.25) is 0 Å². The Morgan fingerprint density at radius 1 is 1.30 bits per heavy atom. The van der Waals surface area contributed by atoms with Crippen LogP contribution in [-0.4, -0.2) is 34.7 Å². The molecule has 0 aromatic heterocycles. The Bertz CT molecular complexity index is 843. The number of fused-ring (bicyclic) bond motifs is 1. The molecular formula is C22H29N3O2. The third-order valence-electron chi connectivity index (χ3n) is 5.56. The predicted molar refractivity (Wildman–Crippen MR) is 109 cm³/mol. The highest BCUT2D eigenvalue weighted by Crippen LogP contribution is 2.36. The largest absolute Gasteiger partial charge is 0.508 e. The van der Waals surface area contributed by atoms with E-state index in [1.165, 1.54) is 0 Å². The number of amides is 1. The number of nitrogens with zero attached hydrogens (tertiary/aromatic N) is 2. The number of carbonyl (C=O) groups is 1. The standard InChI is InChI=1S/C22H29N3O2/c1-14(2)19(15(3)20(23-5)24-22(4)10-11-22)21(27)25-12-9-16-7-6-8-18(26)17(16)13-25/h6-8,24,26H,5,9-13H2,1-4H3/b20-15-. The lowest BCUT2D eigenvalue weighted by molar-refractivity contribution is -0.127. The van der Waals surface area contributed by atoms with Crippen molar-refractivity contribution in [2.24, 2.45) is 4.99 Å². The predicted octanol–water partition coefficient (Wildman–Crippen LogP) is 3.69. The fourth-order valence-electron chi connectivity index (χ4n) is 3.61. The first-order valence-corrected chi connectivity index (χ1v) is 9.48. The van der Waals surface area contributed by atoms with Crippen molar-refractivity contribution < 1.29 is 9.90 Å². The number of phenols is 1. The lowest BCUT2D eigenvalue weighted by atomic mass is 9.96. The number of nitrogens with one attached hydrogen (secondary N) is 1. The maximum absolute atomic E-state index is 13.4. The summed E-state index contributed by atoms with van der Waals surface area (Å²) in [4.78, 5) is 19.3. The van der Waals surface area contributed by atoms with Gasteiger partial charge in [-0.15, -0.1) is 0 Å². The number of hydrogen-bond donors (Lipinski definition) is 2. The minimum atomic E-state index is -0.0229. The molecule has 1 aromatic rings. The molecule has 1 saturated carbocycles. The first kappa shape index (κ1) is 19.2. The second-order valence-corrected chi connectivity index (χ2v) is 8.08. The van der Waals surface area contributed by atoms with E-state index >= 15 is 0 Å². The van der Waals surface area contributed by atoms with Crippen molar-refractivity contribution in [3.8, 4) is 5.75 Å². The maximum Gasteiger partial charge on any atom is 0.254 e. The monoisotopic (exact) mass is 367 g/mol. The van der Waals surface area contributed by atoms with Gasteiger partial charge in [-0.3, -0.25) is 4.79 Å². The van der Waals surface area contributed by atoms with Gasteiger partial charge in [-0.2, -0.15) is 0 Å². The molecule has 2 aliphatic rings. The van der Waals surface area contributed by atoms with Crippen LogP contribution >= 0.6 is 0 Å². The lowest BCUT2D eigenvalue weighted by Crippen LogP contribution is -2.38. The Kier molecular flexibility index (Phi) is 5.13. The van der Waals surface area contributed by atoms with Crippen LogP contribution in [0.2, 0.25) is 0 Å². The minimum absolute atomic E-state index is 0.0229. The molecule has 1 aliphatic heterocycles. The lowest BCUT2D eigenvalue weighted by Gasteiger charge is -2.31. The first-order valence-electron chi connectivity index (χ1n) is 9.48. The summed E-state index contributed by atoms with van der Waals surface area (Å²) in [6.07, 6.45) is 2.94. The first-order chi connectivity index (χ1) is 12.8. The number of phenolic OH excluding ortho intramolecular Hbond substituents is 1. The summed E-state index contributed by atoms with van der Waals surface area (Å²) in [5.74, 6) is 0.915. The van der Waals surface area contributed by atoms with Crippen LogP contribution in [0.5, 0.6) is 5.75 Å². The molecule has 1 aromatic carbocycles. The van der Waals surface area contributed by atoms with E-state index in [9.17, 15) is 9.90 Å². The number of aliphatic imine (C=N–C) groups is 1. The maximum atomic E-state index is 13.4. The zero-order chi connectivity index (χ0) is 19.8. The molecule has 0 spiro atoms. The van der Waals surface area contributed by atoms with Gasteiger partial charge in [0.05, 0.1) is 0 Å². The van der Waals surface area contributed by atoms with Gasteiger partial charge < -0.3 is 15.3 Å². The van der Waals surface area contributed by atoms with E-state index in [1.54, 1.807) is 6.07 Å². The molecule has 1 aliphatic carbocycles. The van der Waals surface area contributed by atoms with Crippen LogP contribution in [0.25, 0.3) is 0 Å². The summed E-state index contributed by atoms with van der Waals surface area (Å²) in [5, 5.41) is 13.6. The Hall–Kier alpha value is -2.56. The van der Waals surface area contributed by atoms with Crippen LogP contribution in [0.3, 0.4) is 0 Å². The van der Waals surface area contributed by atoms with Gasteiger partial charge in [0.1, 0.15) is 11.6 Å². The average Bonchev–Trinajstić information content (AvgIpc) is 3.36. The molecule has 0 unspecified atom stereocenters. The van der Waals surface area contributed by atoms with Crippen LogP contribution in [0, 0.1) is 0 Å². The molecule has 0 atom stereocenters. The summed E-state index contributed by atoms with van der Waals surface area (Å²) in [5.41, 5.74) is 4.46. The van der Waals surface area contributed by atoms with E-state index in [-0.39, 0.29) is 17.2 Å². The van der Waals surface area contributed by atoms with Crippen LogP contribution < -0.4 is 5.32 Å². The van der Waals surface area contributed by atoms with Crippen LogP contribution in [-0.2, 0) is 17.8 Å². The molecule has 1 amide bonds. The minimum Gasteiger partial charge on any atom is -0.508 e. The van der Waals surface area contributed by atoms with Gasteiger partial charge in [0.15, 0.2) is 0 Å². The van der Waals surface area contributed by atoms with Gasteiger partial charge in [-0.1, -0.05) is 17.7 Å². The van der Waals surface area contributed by atoms with E-state index in [0.717, 1.165) is 41.5 Å². The highest BCUT2D eigenvalue weighted by atomic mass is 16.3. The van der Waals surface area contributed by atoms with Gasteiger partial charge in [-0.25, -0.2) is 4.99 Å². The van der Waals surface area contributed by atoms with Crippen molar-refractivity contribution in [3.63, 3.8) is 0 Å². The third-order valence-corrected chi connectivity index (χ3v) is 5.56. The number of aromatic hydroxyl groups is 1. The highest BCUT2D eigenvalue weighted by molar-refractivity contribution is 5.98. The van der Waals surface area contributed by atoms with Gasteiger partial charge >= 0.3 is 0 Å². The Morgan fingerprint density at radius 3 is 2.59 bits per heavy atom. The molecule has 0 saturated heterocycles. The third kappa shape index (κ3) is 3.92. The van der Waals surface area contributed by atoms with Crippen molar-refractivity contribution in [1.82, 2.24) is 10.2 Å². The Labute approximate surface area is 161 Å². The molecule has 5 heteroatoms.